The predicted octanol–water partition coefficient (Wildman–Crippen LogP) is 1.58. The van der Waals surface area contributed by atoms with Crippen molar-refractivity contribution in [3.8, 4) is 0 Å². The van der Waals surface area contributed by atoms with Crippen molar-refractivity contribution >= 4 is 11.6 Å². The molecule has 0 fully saturated rings. The maximum atomic E-state index is 12.5. The summed E-state index contributed by atoms with van der Waals surface area (Å²) >= 11 is 0. The Labute approximate surface area is 109 Å². The maximum Gasteiger partial charge on any atom is 0.418 e. The van der Waals surface area contributed by atoms with Crippen molar-refractivity contribution in [2.75, 3.05) is 32.9 Å². The van der Waals surface area contributed by atoms with Gasteiger partial charge in [0.25, 0.3) is 5.91 Å². The summed E-state index contributed by atoms with van der Waals surface area (Å²) in [6, 6.07) is 2.97. The fourth-order valence-electron chi connectivity index (χ4n) is 1.46. The Hall–Kier alpha value is -1.76. The third-order valence-corrected chi connectivity index (χ3v) is 2.46. The lowest BCUT2D eigenvalue weighted by molar-refractivity contribution is -0.136. The molecule has 0 spiro atoms. The van der Waals surface area contributed by atoms with E-state index in [1.165, 1.54) is 0 Å². The highest BCUT2D eigenvalue weighted by molar-refractivity contribution is 5.95. The summed E-state index contributed by atoms with van der Waals surface area (Å²) in [6.07, 6.45) is -4.51. The van der Waals surface area contributed by atoms with Gasteiger partial charge in [-0.3, -0.25) is 4.79 Å². The molecule has 4 nitrogen and oxygen atoms in total. The second-order valence-electron chi connectivity index (χ2n) is 4.36. The van der Waals surface area contributed by atoms with Crippen molar-refractivity contribution in [1.29, 1.82) is 0 Å². The SMILES string of the molecule is CN(C)CCNC(=O)c1ccc(C(F)(F)F)c(N)c1. The molecular weight excluding hydrogens is 259 g/mol. The number of alkyl halides is 3. The summed E-state index contributed by atoms with van der Waals surface area (Å²) in [4.78, 5) is 13.5. The van der Waals surface area contributed by atoms with Crippen LogP contribution >= 0.6 is 0 Å². The van der Waals surface area contributed by atoms with Gasteiger partial charge < -0.3 is 16.0 Å². The van der Waals surface area contributed by atoms with Gasteiger partial charge >= 0.3 is 6.18 Å². The quantitative estimate of drug-likeness (QED) is 0.820. The van der Waals surface area contributed by atoms with Crippen LogP contribution in [0.3, 0.4) is 0 Å². The smallest absolute Gasteiger partial charge is 0.398 e. The van der Waals surface area contributed by atoms with E-state index >= 15 is 0 Å². The van der Waals surface area contributed by atoms with Gasteiger partial charge in [0.2, 0.25) is 0 Å². The molecule has 0 radical (unpaired) electrons. The Kier molecular flexibility index (Phi) is 4.77. The highest BCUT2D eigenvalue weighted by Crippen LogP contribution is 2.33. The molecular formula is C12H16F3N3O. The van der Waals surface area contributed by atoms with Gasteiger partial charge in [0.05, 0.1) is 5.56 Å². The third-order valence-electron chi connectivity index (χ3n) is 2.46. The van der Waals surface area contributed by atoms with Crippen molar-refractivity contribution in [2.24, 2.45) is 0 Å². The van der Waals surface area contributed by atoms with Gasteiger partial charge in [-0.15, -0.1) is 0 Å². The monoisotopic (exact) mass is 275 g/mol. The van der Waals surface area contributed by atoms with Crippen molar-refractivity contribution < 1.29 is 18.0 Å². The average molecular weight is 275 g/mol. The van der Waals surface area contributed by atoms with Gasteiger partial charge in [-0.05, 0) is 32.3 Å². The van der Waals surface area contributed by atoms with Crippen LogP contribution in [-0.4, -0.2) is 38.0 Å². The summed E-state index contributed by atoms with van der Waals surface area (Å²) in [6.45, 7) is 1.05. The number of carbonyl (C=O) groups excluding carboxylic acids is 1. The molecule has 7 heteroatoms. The first-order valence-electron chi connectivity index (χ1n) is 5.61. The van der Waals surface area contributed by atoms with Crippen molar-refractivity contribution in [1.82, 2.24) is 10.2 Å². The number of nitrogens with zero attached hydrogens (tertiary/aromatic N) is 1. The second-order valence-corrected chi connectivity index (χ2v) is 4.36. The second kappa shape index (κ2) is 5.92. The minimum absolute atomic E-state index is 0.115. The molecule has 1 aromatic carbocycles. The molecule has 0 saturated heterocycles. The number of halogens is 3. The first-order valence-corrected chi connectivity index (χ1v) is 5.61. The number of amides is 1. The zero-order valence-electron chi connectivity index (χ0n) is 10.7. The van der Waals surface area contributed by atoms with Crippen LogP contribution in [0.5, 0.6) is 0 Å². The van der Waals surface area contributed by atoms with Gasteiger partial charge in [-0.2, -0.15) is 13.2 Å². The van der Waals surface area contributed by atoms with Gasteiger partial charge in [-0.1, -0.05) is 0 Å². The summed E-state index contributed by atoms with van der Waals surface area (Å²) in [5.74, 6) is -0.442. The van der Waals surface area contributed by atoms with Crippen molar-refractivity contribution in [3.63, 3.8) is 0 Å². The number of rotatable bonds is 4. The molecule has 0 atom stereocenters. The summed E-state index contributed by atoms with van der Waals surface area (Å²) in [5.41, 5.74) is 4.04. The van der Waals surface area contributed by atoms with E-state index in [-0.39, 0.29) is 5.56 Å². The Bertz CT molecular complexity index is 458. The fourth-order valence-corrected chi connectivity index (χ4v) is 1.46. The van der Waals surface area contributed by atoms with E-state index in [2.05, 4.69) is 5.32 Å². The molecule has 3 N–H and O–H groups in total. The summed E-state index contributed by atoms with van der Waals surface area (Å²) in [5, 5.41) is 2.60. The number of nitrogens with two attached hydrogens (primary N) is 1. The molecule has 0 heterocycles. The molecule has 0 saturated carbocycles. The van der Waals surface area contributed by atoms with Crippen molar-refractivity contribution in [2.45, 2.75) is 6.18 Å². The van der Waals surface area contributed by atoms with E-state index in [1.54, 1.807) is 0 Å². The molecule has 0 bridgehead atoms. The number of nitrogens with one attached hydrogen (secondary N) is 1. The van der Waals surface area contributed by atoms with E-state index in [0.29, 0.717) is 13.1 Å². The maximum absolute atomic E-state index is 12.5. The van der Waals surface area contributed by atoms with Crippen molar-refractivity contribution in [3.05, 3.63) is 29.3 Å². The molecule has 0 aliphatic carbocycles. The third kappa shape index (κ3) is 4.44. The molecule has 1 amide bonds. The zero-order chi connectivity index (χ0) is 14.6. The highest BCUT2D eigenvalue weighted by atomic mass is 19.4. The number of hydrogen-bond donors (Lipinski definition) is 2. The molecule has 0 aliphatic heterocycles. The number of benzene rings is 1. The van der Waals surface area contributed by atoms with E-state index < -0.39 is 23.3 Å². The molecule has 0 aliphatic rings. The molecule has 0 unspecified atom stereocenters. The van der Waals surface area contributed by atoms with E-state index in [4.69, 9.17) is 5.73 Å². The van der Waals surface area contributed by atoms with Gasteiger partial charge in [0, 0.05) is 24.3 Å². The Morgan fingerprint density at radius 2 is 2.00 bits per heavy atom. The highest BCUT2D eigenvalue weighted by Gasteiger charge is 2.33. The number of likely N-dealkylation sites (N-methyl/N-ethyl adjacent to an activating group) is 1. The summed E-state index contributed by atoms with van der Waals surface area (Å²) in [7, 11) is 3.70. The number of carbonyl (C=O) groups is 1. The van der Waals surface area contributed by atoms with E-state index in [0.717, 1.165) is 18.2 Å². The normalized spacial score (nSPS) is 11.7. The van der Waals surface area contributed by atoms with E-state index in [9.17, 15) is 18.0 Å². The fraction of sp³-hybridized carbons (Fsp3) is 0.417. The molecule has 106 valence electrons. The van der Waals surface area contributed by atoms with Crippen LogP contribution < -0.4 is 11.1 Å². The minimum atomic E-state index is -4.51. The van der Waals surface area contributed by atoms with Crippen LogP contribution in [0.1, 0.15) is 15.9 Å². The van der Waals surface area contributed by atoms with Gasteiger partial charge in [-0.25, -0.2) is 0 Å². The minimum Gasteiger partial charge on any atom is -0.398 e. The molecule has 19 heavy (non-hydrogen) atoms. The lowest BCUT2D eigenvalue weighted by Gasteiger charge is -2.12. The molecule has 0 aromatic heterocycles. The Balaban J connectivity index is 2.75. The topological polar surface area (TPSA) is 58.4 Å². The number of nitrogen functional groups attached to an aromatic ring is 1. The summed E-state index contributed by atoms with van der Waals surface area (Å²) < 4.78 is 37.5. The van der Waals surface area contributed by atoms with Crippen LogP contribution in [0.2, 0.25) is 0 Å². The van der Waals surface area contributed by atoms with Crippen LogP contribution in [0.25, 0.3) is 0 Å². The van der Waals surface area contributed by atoms with Crippen LogP contribution in [0.4, 0.5) is 18.9 Å². The number of hydrogen-bond acceptors (Lipinski definition) is 3. The Morgan fingerprint density at radius 1 is 1.37 bits per heavy atom. The zero-order valence-corrected chi connectivity index (χ0v) is 10.7. The lowest BCUT2D eigenvalue weighted by Crippen LogP contribution is -2.31. The van der Waals surface area contributed by atoms with Gasteiger partial charge in [0.15, 0.2) is 0 Å². The average Bonchev–Trinajstić information content (AvgIpc) is 2.26. The number of anilines is 1. The van der Waals surface area contributed by atoms with E-state index in [1.807, 2.05) is 19.0 Å². The van der Waals surface area contributed by atoms with Crippen LogP contribution in [0, 0.1) is 0 Å². The molecule has 1 rings (SSSR count). The van der Waals surface area contributed by atoms with Crippen LogP contribution in [-0.2, 0) is 6.18 Å². The molecule has 1 aromatic rings. The Morgan fingerprint density at radius 3 is 2.47 bits per heavy atom. The largest absolute Gasteiger partial charge is 0.418 e. The first-order chi connectivity index (χ1) is 8.71. The lowest BCUT2D eigenvalue weighted by atomic mass is 10.1. The standard InChI is InChI=1S/C12H16F3N3O/c1-18(2)6-5-17-11(19)8-3-4-9(10(16)7-8)12(13,14)15/h3-4,7H,5-6,16H2,1-2H3,(H,17,19). The first kappa shape index (κ1) is 15.3. The van der Waals surface area contributed by atoms with Gasteiger partial charge in [0.1, 0.15) is 0 Å². The predicted molar refractivity (Wildman–Crippen MR) is 66.7 cm³/mol. The van der Waals surface area contributed by atoms with Crippen LogP contribution in [0.15, 0.2) is 18.2 Å².